The standard InChI is InChI=1S/C14H13BrClNO/c1-9(2)10-3-5-12(6-4-10)18-14-13(15)7-11(16)8-17-14/h3-9H,1-2H3. The second kappa shape index (κ2) is 5.72. The van der Waals surface area contributed by atoms with Crippen molar-refractivity contribution in [2.24, 2.45) is 0 Å². The molecule has 0 radical (unpaired) electrons. The monoisotopic (exact) mass is 325 g/mol. The first-order chi connectivity index (χ1) is 8.56. The Hall–Kier alpha value is -1.06. The van der Waals surface area contributed by atoms with Crippen LogP contribution in [0.1, 0.15) is 25.3 Å². The lowest BCUT2D eigenvalue weighted by Crippen LogP contribution is -1.91. The van der Waals surface area contributed by atoms with Gasteiger partial charge >= 0.3 is 0 Å². The molecular weight excluding hydrogens is 314 g/mol. The number of benzene rings is 1. The molecule has 94 valence electrons. The zero-order chi connectivity index (χ0) is 13.1. The molecule has 0 aliphatic carbocycles. The van der Waals surface area contributed by atoms with Gasteiger partial charge in [-0.3, -0.25) is 0 Å². The van der Waals surface area contributed by atoms with E-state index in [-0.39, 0.29) is 0 Å². The number of pyridine rings is 1. The molecule has 18 heavy (non-hydrogen) atoms. The molecule has 0 fully saturated rings. The van der Waals surface area contributed by atoms with Crippen molar-refractivity contribution >= 4 is 27.5 Å². The van der Waals surface area contributed by atoms with Crippen LogP contribution in [0, 0.1) is 0 Å². The smallest absolute Gasteiger partial charge is 0.233 e. The Labute approximate surface area is 120 Å². The van der Waals surface area contributed by atoms with E-state index >= 15 is 0 Å². The average Bonchev–Trinajstić information content (AvgIpc) is 2.33. The summed E-state index contributed by atoms with van der Waals surface area (Å²) in [5, 5.41) is 0.574. The summed E-state index contributed by atoms with van der Waals surface area (Å²) >= 11 is 9.20. The summed E-state index contributed by atoms with van der Waals surface area (Å²) in [6.45, 7) is 4.32. The summed E-state index contributed by atoms with van der Waals surface area (Å²) in [6, 6.07) is 9.76. The largest absolute Gasteiger partial charge is 0.438 e. The van der Waals surface area contributed by atoms with Crippen molar-refractivity contribution < 1.29 is 4.74 Å². The van der Waals surface area contributed by atoms with Crippen molar-refractivity contribution in [3.8, 4) is 11.6 Å². The number of nitrogens with zero attached hydrogens (tertiary/aromatic N) is 1. The molecule has 0 N–H and O–H groups in total. The van der Waals surface area contributed by atoms with E-state index in [9.17, 15) is 0 Å². The highest BCUT2D eigenvalue weighted by atomic mass is 79.9. The fraction of sp³-hybridized carbons (Fsp3) is 0.214. The van der Waals surface area contributed by atoms with Crippen LogP contribution in [-0.2, 0) is 0 Å². The minimum Gasteiger partial charge on any atom is -0.438 e. The van der Waals surface area contributed by atoms with E-state index in [1.54, 1.807) is 12.3 Å². The highest BCUT2D eigenvalue weighted by molar-refractivity contribution is 9.10. The number of ether oxygens (including phenoxy) is 1. The lowest BCUT2D eigenvalue weighted by molar-refractivity contribution is 0.459. The Morgan fingerprint density at radius 3 is 2.44 bits per heavy atom. The minimum atomic E-state index is 0.511. The lowest BCUT2D eigenvalue weighted by atomic mass is 10.0. The van der Waals surface area contributed by atoms with Crippen LogP contribution in [0.3, 0.4) is 0 Å². The van der Waals surface area contributed by atoms with Crippen LogP contribution < -0.4 is 4.74 Å². The third-order valence-electron chi connectivity index (χ3n) is 2.54. The van der Waals surface area contributed by atoms with Crippen molar-refractivity contribution in [3.63, 3.8) is 0 Å². The van der Waals surface area contributed by atoms with E-state index in [1.165, 1.54) is 5.56 Å². The molecule has 2 rings (SSSR count). The van der Waals surface area contributed by atoms with Crippen LogP contribution in [0.5, 0.6) is 11.6 Å². The third kappa shape index (κ3) is 3.24. The lowest BCUT2D eigenvalue weighted by Gasteiger charge is -2.09. The maximum absolute atomic E-state index is 5.83. The molecule has 0 atom stereocenters. The van der Waals surface area contributed by atoms with Crippen LogP contribution in [0.15, 0.2) is 41.0 Å². The van der Waals surface area contributed by atoms with Gasteiger partial charge in [-0.2, -0.15) is 0 Å². The molecule has 0 unspecified atom stereocenters. The summed E-state index contributed by atoms with van der Waals surface area (Å²) in [4.78, 5) is 4.13. The second-order valence-electron chi connectivity index (χ2n) is 4.27. The Balaban J connectivity index is 2.18. The second-order valence-corrected chi connectivity index (χ2v) is 5.56. The van der Waals surface area contributed by atoms with Crippen molar-refractivity contribution in [1.82, 2.24) is 4.98 Å². The molecule has 0 bridgehead atoms. The van der Waals surface area contributed by atoms with Gasteiger partial charge in [-0.15, -0.1) is 0 Å². The zero-order valence-corrected chi connectivity index (χ0v) is 12.5. The molecule has 1 aromatic carbocycles. The van der Waals surface area contributed by atoms with E-state index in [1.807, 2.05) is 12.1 Å². The Bertz CT molecular complexity index is 540. The van der Waals surface area contributed by atoms with E-state index in [4.69, 9.17) is 16.3 Å². The number of hydrogen-bond donors (Lipinski definition) is 0. The molecule has 0 amide bonds. The molecule has 1 aromatic heterocycles. The van der Waals surface area contributed by atoms with Gasteiger partial charge in [0.2, 0.25) is 5.88 Å². The summed E-state index contributed by atoms with van der Waals surface area (Å²) < 4.78 is 6.42. The highest BCUT2D eigenvalue weighted by Crippen LogP contribution is 2.30. The molecule has 0 saturated heterocycles. The van der Waals surface area contributed by atoms with Crippen molar-refractivity contribution in [3.05, 3.63) is 51.6 Å². The SMILES string of the molecule is CC(C)c1ccc(Oc2ncc(Cl)cc2Br)cc1. The minimum absolute atomic E-state index is 0.511. The number of rotatable bonds is 3. The van der Waals surface area contributed by atoms with Crippen LogP contribution >= 0.6 is 27.5 Å². The summed E-state index contributed by atoms with van der Waals surface area (Å²) in [5.74, 6) is 1.78. The number of hydrogen-bond acceptors (Lipinski definition) is 2. The van der Waals surface area contributed by atoms with Crippen LogP contribution in [0.4, 0.5) is 0 Å². The van der Waals surface area contributed by atoms with E-state index in [2.05, 4.69) is 46.9 Å². The van der Waals surface area contributed by atoms with Gasteiger partial charge in [0.25, 0.3) is 0 Å². The van der Waals surface area contributed by atoms with Crippen LogP contribution in [0.25, 0.3) is 0 Å². The van der Waals surface area contributed by atoms with Crippen LogP contribution in [0.2, 0.25) is 5.02 Å². The molecule has 2 aromatic rings. The topological polar surface area (TPSA) is 22.1 Å². The quantitative estimate of drug-likeness (QED) is 0.752. The molecule has 4 heteroatoms. The van der Waals surface area contributed by atoms with Gasteiger partial charge in [-0.1, -0.05) is 37.6 Å². The van der Waals surface area contributed by atoms with Crippen molar-refractivity contribution in [2.75, 3.05) is 0 Å². The normalized spacial score (nSPS) is 10.7. The van der Waals surface area contributed by atoms with Crippen molar-refractivity contribution in [2.45, 2.75) is 19.8 Å². The molecule has 0 spiro atoms. The summed E-state index contributed by atoms with van der Waals surface area (Å²) in [6.07, 6.45) is 1.56. The van der Waals surface area contributed by atoms with Gasteiger partial charge < -0.3 is 4.74 Å². The number of aromatic nitrogens is 1. The van der Waals surface area contributed by atoms with Gasteiger partial charge in [0.15, 0.2) is 0 Å². The van der Waals surface area contributed by atoms with Crippen LogP contribution in [-0.4, -0.2) is 4.98 Å². The number of halogens is 2. The Kier molecular flexibility index (Phi) is 4.25. The fourth-order valence-corrected chi connectivity index (χ4v) is 2.23. The predicted molar refractivity (Wildman–Crippen MR) is 77.6 cm³/mol. The summed E-state index contributed by atoms with van der Waals surface area (Å²) in [7, 11) is 0. The van der Waals surface area contributed by atoms with Gasteiger partial charge in [-0.25, -0.2) is 4.98 Å². The molecule has 0 aliphatic rings. The average molecular weight is 327 g/mol. The first-order valence-corrected chi connectivity index (χ1v) is 6.82. The van der Waals surface area contributed by atoms with E-state index in [0.717, 1.165) is 10.2 Å². The van der Waals surface area contributed by atoms with Gasteiger partial charge in [0, 0.05) is 6.20 Å². The van der Waals surface area contributed by atoms with E-state index < -0.39 is 0 Å². The first kappa shape index (κ1) is 13.4. The molecular formula is C14H13BrClNO. The predicted octanol–water partition coefficient (Wildman–Crippen LogP) is 5.41. The third-order valence-corrected chi connectivity index (χ3v) is 3.31. The molecule has 0 saturated carbocycles. The maximum atomic E-state index is 5.83. The highest BCUT2D eigenvalue weighted by Gasteiger charge is 2.06. The van der Waals surface area contributed by atoms with E-state index in [0.29, 0.717) is 16.8 Å². The first-order valence-electron chi connectivity index (χ1n) is 5.65. The maximum Gasteiger partial charge on any atom is 0.233 e. The molecule has 0 aliphatic heterocycles. The Morgan fingerprint density at radius 2 is 1.89 bits per heavy atom. The van der Waals surface area contributed by atoms with Gasteiger partial charge in [0.1, 0.15) is 5.75 Å². The Morgan fingerprint density at radius 1 is 1.22 bits per heavy atom. The molecule has 2 nitrogen and oxygen atoms in total. The molecule has 1 heterocycles. The summed E-state index contributed by atoms with van der Waals surface area (Å²) in [5.41, 5.74) is 1.28. The van der Waals surface area contributed by atoms with Crippen molar-refractivity contribution in [1.29, 1.82) is 0 Å². The zero-order valence-electron chi connectivity index (χ0n) is 10.2. The van der Waals surface area contributed by atoms with Gasteiger partial charge in [0.05, 0.1) is 9.50 Å². The van der Waals surface area contributed by atoms with Gasteiger partial charge in [-0.05, 0) is 45.6 Å². The fourth-order valence-electron chi connectivity index (χ4n) is 1.51.